The van der Waals surface area contributed by atoms with Gasteiger partial charge in [0.2, 0.25) is 5.91 Å². The van der Waals surface area contributed by atoms with Crippen molar-refractivity contribution in [2.45, 2.75) is 56.8 Å². The van der Waals surface area contributed by atoms with Crippen molar-refractivity contribution < 1.29 is 22.4 Å². The molecule has 3 aliphatic rings. The molecule has 182 valence electrons. The topological polar surface area (TPSA) is 35.6 Å². The third-order valence-electron chi connectivity index (χ3n) is 7.52. The number of halogens is 4. The van der Waals surface area contributed by atoms with Crippen molar-refractivity contribution in [2.24, 2.45) is 5.92 Å². The summed E-state index contributed by atoms with van der Waals surface area (Å²) in [6.45, 7) is 1.77. The van der Waals surface area contributed by atoms with Crippen LogP contribution in [0.1, 0.15) is 43.2 Å². The van der Waals surface area contributed by atoms with Gasteiger partial charge in [0.05, 0.1) is 17.5 Å². The molecule has 1 amide bonds. The number of piperazine rings is 1. The van der Waals surface area contributed by atoms with E-state index in [4.69, 9.17) is 0 Å². The number of nitrogens with one attached hydrogen (secondary N) is 1. The molecule has 2 heterocycles. The van der Waals surface area contributed by atoms with Crippen LogP contribution in [-0.4, -0.2) is 37.6 Å². The standard InChI is InChI=1S/C26H29F4N3O/c27-19-7-9-21(10-8-19)32-12-13-33-23-11-6-18(26(28,29)30)14-17(23)15-22(24(33)16-32)25(34)31-20-4-2-1-3-5-20/h6-11,14,20,22,24H,1-5,12-13,15-16H2,(H,31,34)/t22-,24-/m0/s1. The van der Waals surface area contributed by atoms with E-state index in [0.29, 0.717) is 25.2 Å². The molecule has 2 aromatic rings. The number of carbonyl (C=O) groups is 1. The first-order chi connectivity index (χ1) is 16.3. The molecule has 4 nitrogen and oxygen atoms in total. The highest BCUT2D eigenvalue weighted by Gasteiger charge is 2.43. The number of carbonyl (C=O) groups excluding carboxylic acids is 1. The van der Waals surface area contributed by atoms with Gasteiger partial charge >= 0.3 is 6.18 Å². The lowest BCUT2D eigenvalue weighted by Crippen LogP contribution is -2.61. The summed E-state index contributed by atoms with van der Waals surface area (Å²) < 4.78 is 53.6. The molecule has 2 aromatic carbocycles. The molecule has 8 heteroatoms. The number of amides is 1. The van der Waals surface area contributed by atoms with Crippen molar-refractivity contribution in [3.05, 3.63) is 59.4 Å². The summed E-state index contributed by atoms with van der Waals surface area (Å²) in [6.07, 6.45) is 1.09. The van der Waals surface area contributed by atoms with Gasteiger partial charge in [-0.25, -0.2) is 4.39 Å². The first-order valence-corrected chi connectivity index (χ1v) is 12.1. The maximum Gasteiger partial charge on any atom is 0.416 e. The van der Waals surface area contributed by atoms with Gasteiger partial charge in [-0.3, -0.25) is 4.79 Å². The van der Waals surface area contributed by atoms with Crippen molar-refractivity contribution in [3.8, 4) is 0 Å². The molecule has 0 radical (unpaired) electrons. The molecule has 1 saturated heterocycles. The Hall–Kier alpha value is -2.77. The van der Waals surface area contributed by atoms with Crippen LogP contribution in [0.15, 0.2) is 42.5 Å². The van der Waals surface area contributed by atoms with Gasteiger partial charge in [0.25, 0.3) is 0 Å². The molecular weight excluding hydrogens is 446 g/mol. The number of alkyl halides is 3. The predicted molar refractivity (Wildman–Crippen MR) is 123 cm³/mol. The smallest absolute Gasteiger partial charge is 0.368 e. The molecule has 0 spiro atoms. The number of hydrogen-bond acceptors (Lipinski definition) is 3. The van der Waals surface area contributed by atoms with E-state index in [1.165, 1.54) is 24.6 Å². The van der Waals surface area contributed by atoms with E-state index in [2.05, 4.69) is 15.1 Å². The number of anilines is 2. The fourth-order valence-electron chi connectivity index (χ4n) is 5.74. The van der Waals surface area contributed by atoms with Gasteiger partial charge in [0, 0.05) is 37.1 Å². The number of fused-ring (bicyclic) bond motifs is 3. The predicted octanol–water partition coefficient (Wildman–Crippen LogP) is 5.16. The lowest BCUT2D eigenvalue weighted by Gasteiger charge is -2.50. The molecule has 2 fully saturated rings. The fourth-order valence-corrected chi connectivity index (χ4v) is 5.74. The van der Waals surface area contributed by atoms with Gasteiger partial charge in [-0.2, -0.15) is 13.2 Å². The van der Waals surface area contributed by atoms with Gasteiger partial charge < -0.3 is 15.1 Å². The first kappa shape index (κ1) is 23.0. The van der Waals surface area contributed by atoms with Gasteiger partial charge in [-0.15, -0.1) is 0 Å². The van der Waals surface area contributed by atoms with E-state index >= 15 is 0 Å². The Labute approximate surface area is 196 Å². The zero-order valence-corrected chi connectivity index (χ0v) is 19.0. The second kappa shape index (κ2) is 9.12. The summed E-state index contributed by atoms with van der Waals surface area (Å²) in [5.74, 6) is -0.841. The largest absolute Gasteiger partial charge is 0.416 e. The Balaban J connectivity index is 1.45. The van der Waals surface area contributed by atoms with E-state index in [1.807, 2.05) is 0 Å². The molecule has 1 N–H and O–H groups in total. The number of rotatable bonds is 3. The normalized spacial score (nSPS) is 23.3. The van der Waals surface area contributed by atoms with E-state index in [9.17, 15) is 22.4 Å². The summed E-state index contributed by atoms with van der Waals surface area (Å²) >= 11 is 0. The average Bonchev–Trinajstić information content (AvgIpc) is 2.83. The zero-order valence-electron chi connectivity index (χ0n) is 19.0. The fraction of sp³-hybridized carbons (Fsp3) is 0.500. The Kier molecular flexibility index (Phi) is 6.16. The second-order valence-corrected chi connectivity index (χ2v) is 9.68. The van der Waals surface area contributed by atoms with Crippen LogP contribution in [0.5, 0.6) is 0 Å². The van der Waals surface area contributed by atoms with Crippen molar-refractivity contribution >= 4 is 17.3 Å². The Morgan fingerprint density at radius 1 is 0.971 bits per heavy atom. The van der Waals surface area contributed by atoms with E-state index in [1.54, 1.807) is 18.2 Å². The van der Waals surface area contributed by atoms with Crippen LogP contribution in [0.2, 0.25) is 0 Å². The zero-order chi connectivity index (χ0) is 23.9. The van der Waals surface area contributed by atoms with Crippen molar-refractivity contribution in [3.63, 3.8) is 0 Å². The summed E-state index contributed by atoms with van der Waals surface area (Å²) in [5, 5.41) is 3.20. The highest BCUT2D eigenvalue weighted by Crippen LogP contribution is 2.40. The van der Waals surface area contributed by atoms with Gasteiger partial charge in [0.15, 0.2) is 0 Å². The molecule has 0 aromatic heterocycles. The third kappa shape index (κ3) is 4.59. The van der Waals surface area contributed by atoms with E-state index in [-0.39, 0.29) is 30.2 Å². The molecule has 2 aliphatic heterocycles. The maximum absolute atomic E-state index is 13.5. The highest BCUT2D eigenvalue weighted by molar-refractivity contribution is 5.82. The Morgan fingerprint density at radius 3 is 2.41 bits per heavy atom. The third-order valence-corrected chi connectivity index (χ3v) is 7.52. The summed E-state index contributed by atoms with van der Waals surface area (Å²) in [6, 6.07) is 10.1. The number of nitrogens with zero attached hydrogens (tertiary/aromatic N) is 2. The minimum Gasteiger partial charge on any atom is -0.368 e. The molecule has 2 atom stereocenters. The lowest BCUT2D eigenvalue weighted by molar-refractivity contribution is -0.137. The van der Waals surface area contributed by atoms with Crippen LogP contribution in [0.25, 0.3) is 0 Å². The molecule has 1 aliphatic carbocycles. The number of hydrogen-bond donors (Lipinski definition) is 1. The summed E-state index contributed by atoms with van der Waals surface area (Å²) in [7, 11) is 0. The molecule has 34 heavy (non-hydrogen) atoms. The van der Waals surface area contributed by atoms with Crippen molar-refractivity contribution in [2.75, 3.05) is 29.4 Å². The van der Waals surface area contributed by atoms with Crippen LogP contribution < -0.4 is 15.1 Å². The first-order valence-electron chi connectivity index (χ1n) is 12.1. The molecule has 1 saturated carbocycles. The van der Waals surface area contributed by atoms with E-state index in [0.717, 1.165) is 43.1 Å². The summed E-state index contributed by atoms with van der Waals surface area (Å²) in [5.41, 5.74) is 1.55. The highest BCUT2D eigenvalue weighted by atomic mass is 19.4. The molecule has 0 bridgehead atoms. The Morgan fingerprint density at radius 2 is 1.71 bits per heavy atom. The minimum absolute atomic E-state index is 0.0779. The van der Waals surface area contributed by atoms with Gasteiger partial charge in [-0.1, -0.05) is 19.3 Å². The van der Waals surface area contributed by atoms with Crippen molar-refractivity contribution in [1.82, 2.24) is 5.32 Å². The van der Waals surface area contributed by atoms with Crippen LogP contribution >= 0.6 is 0 Å². The summed E-state index contributed by atoms with van der Waals surface area (Å²) in [4.78, 5) is 17.7. The van der Waals surface area contributed by atoms with Crippen LogP contribution in [0, 0.1) is 11.7 Å². The van der Waals surface area contributed by atoms with Crippen LogP contribution in [-0.2, 0) is 17.4 Å². The molecule has 0 unspecified atom stereocenters. The Bertz CT molecular complexity index is 1030. The average molecular weight is 476 g/mol. The maximum atomic E-state index is 13.5. The van der Waals surface area contributed by atoms with Crippen LogP contribution in [0.3, 0.4) is 0 Å². The van der Waals surface area contributed by atoms with Crippen molar-refractivity contribution in [1.29, 1.82) is 0 Å². The number of benzene rings is 2. The quantitative estimate of drug-likeness (QED) is 0.623. The SMILES string of the molecule is O=C(NC1CCCCC1)[C@H]1Cc2cc(C(F)(F)F)ccc2N2CCN(c3ccc(F)cc3)C[C@@H]12. The molecule has 5 rings (SSSR count). The minimum atomic E-state index is -4.42. The second-order valence-electron chi connectivity index (χ2n) is 9.68. The lowest BCUT2D eigenvalue weighted by atomic mass is 9.82. The van der Waals surface area contributed by atoms with Crippen LogP contribution in [0.4, 0.5) is 28.9 Å². The molecular formula is C26H29F4N3O. The van der Waals surface area contributed by atoms with E-state index < -0.39 is 17.7 Å². The van der Waals surface area contributed by atoms with Gasteiger partial charge in [0.1, 0.15) is 5.82 Å². The van der Waals surface area contributed by atoms with Gasteiger partial charge in [-0.05, 0) is 67.3 Å². The monoisotopic (exact) mass is 475 g/mol.